The van der Waals surface area contributed by atoms with Gasteiger partial charge in [0, 0.05) is 38.4 Å². The van der Waals surface area contributed by atoms with Crippen molar-refractivity contribution in [2.75, 3.05) is 0 Å². The zero-order chi connectivity index (χ0) is 32.7. The second-order valence-corrected chi connectivity index (χ2v) is 12.3. The predicted molar refractivity (Wildman–Crippen MR) is 208 cm³/mol. The standard InChI is InChI=1S/C45H32N4/c1-46-45(31-14-4-2-5-15-31)37-20-8-11-21-40(37)47-30-48-41-22-12-9-18-35(41)38-28-32(24-26-42(38)48)33-25-27-44-39(29-33)36-19-10-13-23-43(36)49(44)34-16-6-3-7-17-34/h2-29H,1,30H2/b45-37-,47-40-. The minimum Gasteiger partial charge on any atom is -0.320 e. The van der Waals surface area contributed by atoms with Crippen molar-refractivity contribution in [3.8, 4) is 16.8 Å². The molecule has 49 heavy (non-hydrogen) atoms. The first-order valence-electron chi connectivity index (χ1n) is 16.5. The highest BCUT2D eigenvalue weighted by molar-refractivity contribution is 6.16. The van der Waals surface area contributed by atoms with Crippen LogP contribution in [0.1, 0.15) is 5.56 Å². The molecule has 0 bridgehead atoms. The predicted octanol–water partition coefficient (Wildman–Crippen LogP) is 11.2. The fourth-order valence-electron chi connectivity index (χ4n) is 7.28. The molecule has 0 spiro atoms. The van der Waals surface area contributed by atoms with Gasteiger partial charge in [-0.3, -0.25) is 9.98 Å². The average molecular weight is 629 g/mol. The topological polar surface area (TPSA) is 34.6 Å². The van der Waals surface area contributed by atoms with Crippen molar-refractivity contribution in [3.05, 3.63) is 181 Å². The van der Waals surface area contributed by atoms with E-state index in [1.165, 1.54) is 49.4 Å². The van der Waals surface area contributed by atoms with E-state index in [0.717, 1.165) is 33.6 Å². The Morgan fingerprint density at radius 2 is 1.08 bits per heavy atom. The molecule has 4 heteroatoms. The van der Waals surface area contributed by atoms with Crippen LogP contribution in [0, 0.1) is 0 Å². The molecule has 0 amide bonds. The maximum absolute atomic E-state index is 5.17. The number of rotatable bonds is 6. The second-order valence-electron chi connectivity index (χ2n) is 12.3. The van der Waals surface area contributed by atoms with Gasteiger partial charge in [-0.05, 0) is 72.5 Å². The van der Waals surface area contributed by atoms with Gasteiger partial charge in [0.25, 0.3) is 0 Å². The fourth-order valence-corrected chi connectivity index (χ4v) is 7.28. The highest BCUT2D eigenvalue weighted by Crippen LogP contribution is 2.37. The molecule has 0 unspecified atom stereocenters. The second kappa shape index (κ2) is 11.9. The summed E-state index contributed by atoms with van der Waals surface area (Å²) in [6.07, 6.45) is 8.18. The Morgan fingerprint density at radius 1 is 0.531 bits per heavy atom. The van der Waals surface area contributed by atoms with E-state index >= 15 is 0 Å². The first-order chi connectivity index (χ1) is 24.3. The molecule has 2 aromatic heterocycles. The van der Waals surface area contributed by atoms with Crippen molar-refractivity contribution in [1.29, 1.82) is 0 Å². The molecule has 0 radical (unpaired) electrons. The monoisotopic (exact) mass is 628 g/mol. The van der Waals surface area contributed by atoms with Crippen LogP contribution < -0.4 is 0 Å². The number of benzene rings is 6. The van der Waals surface area contributed by atoms with Crippen LogP contribution in [0.25, 0.3) is 66.1 Å². The van der Waals surface area contributed by atoms with E-state index in [1.54, 1.807) is 0 Å². The number of aromatic nitrogens is 2. The van der Waals surface area contributed by atoms with Gasteiger partial charge in [0.05, 0.1) is 33.5 Å². The van der Waals surface area contributed by atoms with Crippen LogP contribution in [0.15, 0.2) is 185 Å². The van der Waals surface area contributed by atoms with E-state index in [4.69, 9.17) is 4.99 Å². The summed E-state index contributed by atoms with van der Waals surface area (Å²) in [5, 5.41) is 4.93. The van der Waals surface area contributed by atoms with Gasteiger partial charge in [-0.2, -0.15) is 0 Å². The molecule has 0 N–H and O–H groups in total. The molecule has 0 aliphatic heterocycles. The number of allylic oxidation sites excluding steroid dienone is 5. The maximum Gasteiger partial charge on any atom is 0.115 e. The van der Waals surface area contributed by atoms with Crippen molar-refractivity contribution >= 4 is 61.7 Å². The normalized spacial score (nSPS) is 14.8. The number of fused-ring (bicyclic) bond motifs is 6. The molecule has 0 atom stereocenters. The molecule has 6 aromatic carbocycles. The number of para-hydroxylation sites is 3. The molecule has 232 valence electrons. The summed E-state index contributed by atoms with van der Waals surface area (Å²) < 4.78 is 4.67. The Morgan fingerprint density at radius 3 is 1.82 bits per heavy atom. The molecular weight excluding hydrogens is 597 g/mol. The van der Waals surface area contributed by atoms with Crippen LogP contribution >= 0.6 is 0 Å². The van der Waals surface area contributed by atoms with Gasteiger partial charge >= 0.3 is 0 Å². The van der Waals surface area contributed by atoms with Crippen LogP contribution in [0.4, 0.5) is 0 Å². The van der Waals surface area contributed by atoms with Crippen molar-refractivity contribution < 1.29 is 0 Å². The molecule has 4 nitrogen and oxygen atoms in total. The fraction of sp³-hybridized carbons (Fsp3) is 0.0222. The summed E-state index contributed by atoms with van der Waals surface area (Å²) in [5.74, 6) is 0. The lowest BCUT2D eigenvalue weighted by Crippen LogP contribution is -2.06. The lowest BCUT2D eigenvalue weighted by Gasteiger charge is -2.13. The summed E-state index contributed by atoms with van der Waals surface area (Å²) in [6.45, 7) is 4.37. The summed E-state index contributed by atoms with van der Waals surface area (Å²) in [5.41, 5.74) is 12.0. The van der Waals surface area contributed by atoms with E-state index in [-0.39, 0.29) is 0 Å². The highest BCUT2D eigenvalue weighted by Gasteiger charge is 2.16. The SMILES string of the molecule is C=N/C(=C1/C=CC=C/C1=N/Cn1c2ccccc2c2cc(-c3ccc4c(c3)c3ccccc3n4-c3ccccc3)ccc21)c1ccccc1. The summed E-state index contributed by atoms with van der Waals surface area (Å²) in [7, 11) is 0. The van der Waals surface area contributed by atoms with Crippen LogP contribution in [-0.4, -0.2) is 21.6 Å². The third-order valence-electron chi connectivity index (χ3n) is 9.54. The number of nitrogens with zero attached hydrogens (tertiary/aromatic N) is 4. The van der Waals surface area contributed by atoms with E-state index in [0.29, 0.717) is 6.67 Å². The zero-order valence-electron chi connectivity index (χ0n) is 26.9. The summed E-state index contributed by atoms with van der Waals surface area (Å²) in [6, 6.07) is 51.8. The molecule has 0 saturated heterocycles. The highest BCUT2D eigenvalue weighted by atomic mass is 15.1. The van der Waals surface area contributed by atoms with Crippen molar-refractivity contribution in [2.45, 2.75) is 6.67 Å². The minimum absolute atomic E-state index is 0.477. The van der Waals surface area contributed by atoms with Gasteiger partial charge in [-0.15, -0.1) is 0 Å². The molecule has 1 aliphatic rings. The Kier molecular flexibility index (Phi) is 6.98. The smallest absolute Gasteiger partial charge is 0.115 e. The van der Waals surface area contributed by atoms with Crippen LogP contribution in [0.2, 0.25) is 0 Å². The van der Waals surface area contributed by atoms with Gasteiger partial charge in [0.2, 0.25) is 0 Å². The average Bonchev–Trinajstić information content (AvgIpc) is 3.67. The largest absolute Gasteiger partial charge is 0.320 e. The quantitative estimate of drug-likeness (QED) is 0.164. The van der Waals surface area contributed by atoms with E-state index < -0.39 is 0 Å². The van der Waals surface area contributed by atoms with E-state index in [9.17, 15) is 0 Å². The van der Waals surface area contributed by atoms with Crippen LogP contribution in [-0.2, 0) is 6.67 Å². The lowest BCUT2D eigenvalue weighted by atomic mass is 9.99. The third-order valence-corrected chi connectivity index (χ3v) is 9.54. The lowest BCUT2D eigenvalue weighted by molar-refractivity contribution is 0.793. The maximum atomic E-state index is 5.17. The van der Waals surface area contributed by atoms with Crippen molar-refractivity contribution in [1.82, 2.24) is 9.13 Å². The number of hydrogen-bond donors (Lipinski definition) is 0. The first kappa shape index (κ1) is 28.7. The van der Waals surface area contributed by atoms with Gasteiger partial charge in [0.1, 0.15) is 6.67 Å². The zero-order valence-corrected chi connectivity index (χ0v) is 26.9. The Labute approximate surface area is 284 Å². The Balaban J connectivity index is 1.15. The first-order valence-corrected chi connectivity index (χ1v) is 16.5. The number of aliphatic imine (C=N–C) groups is 2. The molecule has 1 aliphatic carbocycles. The summed E-state index contributed by atoms with van der Waals surface area (Å²) in [4.78, 5) is 9.59. The number of hydrogen-bond acceptors (Lipinski definition) is 2. The van der Waals surface area contributed by atoms with Crippen molar-refractivity contribution in [2.24, 2.45) is 9.98 Å². The van der Waals surface area contributed by atoms with Gasteiger partial charge in [-0.25, -0.2) is 0 Å². The Hall–Kier alpha value is -6.52. The van der Waals surface area contributed by atoms with Crippen molar-refractivity contribution in [3.63, 3.8) is 0 Å². The van der Waals surface area contributed by atoms with E-state index in [1.807, 2.05) is 30.4 Å². The van der Waals surface area contributed by atoms with Crippen LogP contribution in [0.5, 0.6) is 0 Å². The Bertz CT molecular complexity index is 2680. The molecule has 0 saturated carbocycles. The minimum atomic E-state index is 0.477. The molecule has 8 aromatic rings. The van der Waals surface area contributed by atoms with E-state index in [2.05, 4.69) is 160 Å². The molecule has 2 heterocycles. The van der Waals surface area contributed by atoms with Gasteiger partial charge in [0.15, 0.2) is 0 Å². The van der Waals surface area contributed by atoms with Gasteiger partial charge in [-0.1, -0.05) is 115 Å². The molecule has 0 fully saturated rings. The third kappa shape index (κ3) is 4.85. The van der Waals surface area contributed by atoms with Crippen LogP contribution in [0.3, 0.4) is 0 Å². The van der Waals surface area contributed by atoms with Gasteiger partial charge < -0.3 is 9.13 Å². The summed E-state index contributed by atoms with van der Waals surface area (Å²) >= 11 is 0. The molecular formula is C45H32N4. The molecule has 9 rings (SSSR count).